The molecule has 1 fully saturated rings. The molecular formula is C15H20ClN3O3. The van der Waals surface area contributed by atoms with Crippen molar-refractivity contribution in [2.75, 3.05) is 19.6 Å². The number of hydrogen-bond acceptors (Lipinski definition) is 4. The van der Waals surface area contributed by atoms with Crippen molar-refractivity contribution in [2.24, 2.45) is 5.73 Å². The normalized spacial score (nSPS) is 20.6. The van der Waals surface area contributed by atoms with Gasteiger partial charge in [-0.1, -0.05) is 11.6 Å². The van der Waals surface area contributed by atoms with Gasteiger partial charge >= 0.3 is 0 Å². The number of amides is 2. The summed E-state index contributed by atoms with van der Waals surface area (Å²) in [7, 11) is 0. The summed E-state index contributed by atoms with van der Waals surface area (Å²) in [5.74, 6) is -0.358. The molecule has 0 unspecified atom stereocenters. The van der Waals surface area contributed by atoms with Gasteiger partial charge in [-0.3, -0.25) is 9.59 Å². The van der Waals surface area contributed by atoms with Gasteiger partial charge in [0, 0.05) is 30.2 Å². The minimum Gasteiger partial charge on any atom is -0.364 e. The van der Waals surface area contributed by atoms with Crippen LogP contribution in [-0.2, 0) is 9.53 Å². The van der Waals surface area contributed by atoms with Gasteiger partial charge in [-0.2, -0.15) is 0 Å². The first-order chi connectivity index (χ1) is 10.6. The SMILES string of the molecule is NC[C@H]1CC[C@@H](C(=O)NCCNC(=O)c2ccc(Cl)cc2)O1. The molecule has 2 amide bonds. The van der Waals surface area contributed by atoms with Crippen molar-refractivity contribution in [1.29, 1.82) is 0 Å². The molecular weight excluding hydrogens is 306 g/mol. The van der Waals surface area contributed by atoms with Crippen molar-refractivity contribution in [1.82, 2.24) is 10.6 Å². The van der Waals surface area contributed by atoms with Gasteiger partial charge in [-0.15, -0.1) is 0 Å². The van der Waals surface area contributed by atoms with Crippen LogP contribution in [0.1, 0.15) is 23.2 Å². The van der Waals surface area contributed by atoms with Crippen LogP contribution in [0.4, 0.5) is 0 Å². The molecule has 1 saturated heterocycles. The summed E-state index contributed by atoms with van der Waals surface area (Å²) < 4.78 is 5.49. The van der Waals surface area contributed by atoms with E-state index in [1.165, 1.54) is 0 Å². The zero-order valence-corrected chi connectivity index (χ0v) is 12.9. The highest BCUT2D eigenvalue weighted by Crippen LogP contribution is 2.18. The summed E-state index contributed by atoms with van der Waals surface area (Å²) >= 11 is 5.76. The second-order valence-corrected chi connectivity index (χ2v) is 5.55. The van der Waals surface area contributed by atoms with Crippen LogP contribution in [0.25, 0.3) is 0 Å². The fourth-order valence-electron chi connectivity index (χ4n) is 2.25. The smallest absolute Gasteiger partial charge is 0.251 e. The third-order valence-corrected chi connectivity index (χ3v) is 3.73. The Balaban J connectivity index is 1.65. The molecule has 0 aromatic heterocycles. The Kier molecular flexibility index (Phi) is 6.18. The summed E-state index contributed by atoms with van der Waals surface area (Å²) in [5.41, 5.74) is 6.03. The number of nitrogens with two attached hydrogens (primary N) is 1. The van der Waals surface area contributed by atoms with Crippen LogP contribution in [0, 0.1) is 0 Å². The van der Waals surface area contributed by atoms with Crippen LogP contribution in [0.2, 0.25) is 5.02 Å². The number of halogens is 1. The highest BCUT2D eigenvalue weighted by molar-refractivity contribution is 6.30. The Morgan fingerprint density at radius 1 is 1.18 bits per heavy atom. The first kappa shape index (κ1) is 16.7. The Morgan fingerprint density at radius 3 is 2.50 bits per heavy atom. The Labute approximate surface area is 134 Å². The molecule has 2 rings (SSSR count). The van der Waals surface area contributed by atoms with Crippen molar-refractivity contribution < 1.29 is 14.3 Å². The van der Waals surface area contributed by atoms with Gasteiger partial charge in [0.2, 0.25) is 5.91 Å². The van der Waals surface area contributed by atoms with Crippen LogP contribution >= 0.6 is 11.6 Å². The van der Waals surface area contributed by atoms with E-state index in [-0.39, 0.29) is 17.9 Å². The summed E-state index contributed by atoms with van der Waals surface area (Å²) in [5, 5.41) is 6.05. The van der Waals surface area contributed by atoms with Crippen LogP contribution in [-0.4, -0.2) is 43.7 Å². The number of nitrogens with one attached hydrogen (secondary N) is 2. The zero-order chi connectivity index (χ0) is 15.9. The van der Waals surface area contributed by atoms with Crippen LogP contribution < -0.4 is 16.4 Å². The Morgan fingerprint density at radius 2 is 1.86 bits per heavy atom. The van der Waals surface area contributed by atoms with Gasteiger partial charge in [0.15, 0.2) is 0 Å². The number of benzene rings is 1. The zero-order valence-electron chi connectivity index (χ0n) is 12.2. The molecule has 0 radical (unpaired) electrons. The lowest BCUT2D eigenvalue weighted by atomic mass is 10.2. The molecule has 1 heterocycles. The van der Waals surface area contributed by atoms with Gasteiger partial charge in [0.05, 0.1) is 6.10 Å². The number of carbonyl (C=O) groups is 2. The molecule has 120 valence electrons. The van der Waals surface area contributed by atoms with E-state index in [0.29, 0.717) is 36.6 Å². The summed E-state index contributed by atoms with van der Waals surface area (Å²) in [4.78, 5) is 23.7. The molecule has 1 aromatic rings. The fraction of sp³-hybridized carbons (Fsp3) is 0.467. The second-order valence-electron chi connectivity index (χ2n) is 5.11. The summed E-state index contributed by atoms with van der Waals surface area (Å²) in [6.45, 7) is 1.13. The van der Waals surface area contributed by atoms with E-state index in [0.717, 1.165) is 6.42 Å². The lowest BCUT2D eigenvalue weighted by Gasteiger charge is -2.13. The van der Waals surface area contributed by atoms with Gasteiger partial charge in [-0.25, -0.2) is 0 Å². The predicted molar refractivity (Wildman–Crippen MR) is 83.7 cm³/mol. The molecule has 7 heteroatoms. The summed E-state index contributed by atoms with van der Waals surface area (Å²) in [6.07, 6.45) is 1.04. The van der Waals surface area contributed by atoms with Crippen molar-refractivity contribution in [3.63, 3.8) is 0 Å². The predicted octanol–water partition coefficient (Wildman–Crippen LogP) is 0.692. The van der Waals surface area contributed by atoms with Crippen molar-refractivity contribution in [3.8, 4) is 0 Å². The quantitative estimate of drug-likeness (QED) is 0.671. The highest BCUT2D eigenvalue weighted by Gasteiger charge is 2.29. The maximum absolute atomic E-state index is 11.9. The second kappa shape index (κ2) is 8.12. The van der Waals surface area contributed by atoms with E-state index in [1.54, 1.807) is 24.3 Å². The minimum absolute atomic E-state index is 0.0274. The molecule has 1 aliphatic heterocycles. The average molecular weight is 326 g/mol. The lowest BCUT2D eigenvalue weighted by Crippen LogP contribution is -2.40. The molecule has 0 spiro atoms. The van der Waals surface area contributed by atoms with Crippen molar-refractivity contribution in [3.05, 3.63) is 34.9 Å². The molecule has 1 aromatic carbocycles. The van der Waals surface area contributed by atoms with Crippen LogP contribution in [0.15, 0.2) is 24.3 Å². The van der Waals surface area contributed by atoms with E-state index < -0.39 is 6.10 Å². The third kappa shape index (κ3) is 4.69. The number of carbonyl (C=O) groups excluding carboxylic acids is 2. The fourth-order valence-corrected chi connectivity index (χ4v) is 2.38. The first-order valence-corrected chi connectivity index (χ1v) is 7.65. The van der Waals surface area contributed by atoms with Crippen LogP contribution in [0.5, 0.6) is 0 Å². The van der Waals surface area contributed by atoms with Gasteiger partial charge in [-0.05, 0) is 37.1 Å². The Hall–Kier alpha value is -1.63. The Bertz CT molecular complexity index is 521. The number of ether oxygens (including phenoxy) is 1. The molecule has 4 N–H and O–H groups in total. The molecule has 22 heavy (non-hydrogen) atoms. The first-order valence-electron chi connectivity index (χ1n) is 7.27. The van der Waals surface area contributed by atoms with E-state index in [1.807, 2.05) is 0 Å². The van der Waals surface area contributed by atoms with E-state index in [9.17, 15) is 9.59 Å². The molecule has 2 atom stereocenters. The van der Waals surface area contributed by atoms with Gasteiger partial charge < -0.3 is 21.1 Å². The maximum Gasteiger partial charge on any atom is 0.251 e. The lowest BCUT2D eigenvalue weighted by molar-refractivity contribution is -0.131. The van der Waals surface area contributed by atoms with Crippen molar-refractivity contribution >= 4 is 23.4 Å². The van der Waals surface area contributed by atoms with E-state index in [2.05, 4.69) is 10.6 Å². The van der Waals surface area contributed by atoms with Crippen LogP contribution in [0.3, 0.4) is 0 Å². The minimum atomic E-state index is -0.430. The van der Waals surface area contributed by atoms with E-state index in [4.69, 9.17) is 22.1 Å². The summed E-state index contributed by atoms with van der Waals surface area (Å²) in [6, 6.07) is 6.61. The van der Waals surface area contributed by atoms with Crippen molar-refractivity contribution in [2.45, 2.75) is 25.0 Å². The molecule has 0 saturated carbocycles. The largest absolute Gasteiger partial charge is 0.364 e. The third-order valence-electron chi connectivity index (χ3n) is 3.48. The molecule has 1 aliphatic rings. The average Bonchev–Trinajstić information content (AvgIpc) is 3.01. The highest BCUT2D eigenvalue weighted by atomic mass is 35.5. The topological polar surface area (TPSA) is 93.5 Å². The molecule has 0 aliphatic carbocycles. The molecule has 6 nitrogen and oxygen atoms in total. The standard InChI is InChI=1S/C15H20ClN3O3/c16-11-3-1-10(2-4-11)14(20)18-7-8-19-15(21)13-6-5-12(9-17)22-13/h1-4,12-13H,5-9,17H2,(H,18,20)(H,19,21)/t12-,13+/m1/s1. The van der Waals surface area contributed by atoms with Gasteiger partial charge in [0.25, 0.3) is 5.91 Å². The number of hydrogen-bond donors (Lipinski definition) is 3. The monoisotopic (exact) mass is 325 g/mol. The van der Waals surface area contributed by atoms with Gasteiger partial charge in [0.1, 0.15) is 6.10 Å². The van der Waals surface area contributed by atoms with E-state index >= 15 is 0 Å². The maximum atomic E-state index is 11.9. The molecule has 0 bridgehead atoms. The number of rotatable bonds is 6.